The molecule has 154 valence electrons. The van der Waals surface area contributed by atoms with Crippen LogP contribution in [0.1, 0.15) is 31.0 Å². The van der Waals surface area contributed by atoms with Gasteiger partial charge in [-0.15, -0.1) is 0 Å². The van der Waals surface area contributed by atoms with Crippen LogP contribution in [0.15, 0.2) is 84.9 Å². The van der Waals surface area contributed by atoms with Crippen LogP contribution >= 0.6 is 0 Å². The minimum absolute atomic E-state index is 0.0873. The average Bonchev–Trinajstić information content (AvgIpc) is 2.79. The molecule has 0 saturated heterocycles. The molecule has 0 spiro atoms. The van der Waals surface area contributed by atoms with Crippen molar-refractivity contribution >= 4 is 11.6 Å². The standard InChI is InChI=1S/C26H28N2O2/c1-20(2)27(17-21-11-5-3-6-12-21)18-26(29)28-23-15-9-10-16-25(23)30-19-24(28)22-13-7-4-8-14-22/h3-16,20,24H,17-19H2,1-2H3. The van der Waals surface area contributed by atoms with E-state index >= 15 is 0 Å². The Kier molecular flexibility index (Phi) is 6.15. The molecule has 0 bridgehead atoms. The third-order valence-corrected chi connectivity index (χ3v) is 5.58. The van der Waals surface area contributed by atoms with Crippen molar-refractivity contribution in [2.75, 3.05) is 18.1 Å². The Bertz CT molecular complexity index is 973. The van der Waals surface area contributed by atoms with E-state index in [1.165, 1.54) is 5.56 Å². The van der Waals surface area contributed by atoms with Gasteiger partial charge in [0.1, 0.15) is 12.4 Å². The Balaban J connectivity index is 1.63. The van der Waals surface area contributed by atoms with E-state index in [4.69, 9.17) is 4.74 Å². The van der Waals surface area contributed by atoms with Gasteiger partial charge < -0.3 is 4.74 Å². The van der Waals surface area contributed by atoms with Gasteiger partial charge in [-0.3, -0.25) is 14.6 Å². The van der Waals surface area contributed by atoms with E-state index in [2.05, 4.69) is 43.0 Å². The second kappa shape index (κ2) is 9.14. The molecule has 0 fully saturated rings. The SMILES string of the molecule is CC(C)N(CC(=O)N1c2ccccc2OCC1c1ccccc1)Cc1ccccc1. The Morgan fingerprint density at radius 1 is 0.967 bits per heavy atom. The zero-order valence-corrected chi connectivity index (χ0v) is 17.6. The highest BCUT2D eigenvalue weighted by Gasteiger charge is 2.34. The Morgan fingerprint density at radius 2 is 1.60 bits per heavy atom. The monoisotopic (exact) mass is 400 g/mol. The average molecular weight is 401 g/mol. The fourth-order valence-corrected chi connectivity index (χ4v) is 3.91. The lowest BCUT2D eigenvalue weighted by atomic mass is 10.0. The summed E-state index contributed by atoms with van der Waals surface area (Å²) in [5.74, 6) is 0.849. The number of para-hydroxylation sites is 2. The number of fused-ring (bicyclic) bond motifs is 1. The van der Waals surface area contributed by atoms with Crippen molar-refractivity contribution in [1.29, 1.82) is 0 Å². The van der Waals surface area contributed by atoms with Crippen LogP contribution in [0.2, 0.25) is 0 Å². The first-order valence-electron chi connectivity index (χ1n) is 10.5. The Hall–Kier alpha value is -3.11. The molecular formula is C26H28N2O2. The first-order chi connectivity index (χ1) is 14.6. The summed E-state index contributed by atoms with van der Waals surface area (Å²) in [5.41, 5.74) is 3.13. The maximum atomic E-state index is 13.7. The maximum absolute atomic E-state index is 13.7. The molecule has 0 saturated carbocycles. The van der Waals surface area contributed by atoms with E-state index < -0.39 is 0 Å². The van der Waals surface area contributed by atoms with Crippen molar-refractivity contribution in [2.24, 2.45) is 0 Å². The normalized spacial score (nSPS) is 15.7. The van der Waals surface area contributed by atoms with Crippen LogP contribution in [0, 0.1) is 0 Å². The van der Waals surface area contributed by atoms with Gasteiger partial charge in [0.2, 0.25) is 5.91 Å². The largest absolute Gasteiger partial charge is 0.489 e. The minimum Gasteiger partial charge on any atom is -0.489 e. The summed E-state index contributed by atoms with van der Waals surface area (Å²) >= 11 is 0. The molecule has 4 rings (SSSR count). The molecule has 1 atom stereocenters. The molecule has 3 aromatic carbocycles. The first-order valence-corrected chi connectivity index (χ1v) is 10.5. The van der Waals surface area contributed by atoms with Crippen LogP contribution in [-0.2, 0) is 11.3 Å². The number of nitrogens with zero attached hydrogens (tertiary/aromatic N) is 2. The van der Waals surface area contributed by atoms with Crippen LogP contribution in [0.5, 0.6) is 5.75 Å². The highest BCUT2D eigenvalue weighted by atomic mass is 16.5. The minimum atomic E-state index is -0.140. The van der Waals surface area contributed by atoms with Crippen LogP contribution in [0.4, 0.5) is 5.69 Å². The predicted molar refractivity (Wildman–Crippen MR) is 121 cm³/mol. The third kappa shape index (κ3) is 4.39. The summed E-state index contributed by atoms with van der Waals surface area (Å²) in [7, 11) is 0. The van der Waals surface area contributed by atoms with Crippen LogP contribution in [0.3, 0.4) is 0 Å². The fourth-order valence-electron chi connectivity index (χ4n) is 3.91. The van der Waals surface area contributed by atoms with E-state index in [1.807, 2.05) is 65.6 Å². The lowest BCUT2D eigenvalue weighted by Crippen LogP contribution is -2.47. The number of hydrogen-bond acceptors (Lipinski definition) is 3. The summed E-state index contributed by atoms with van der Waals surface area (Å²) < 4.78 is 6.01. The topological polar surface area (TPSA) is 32.8 Å². The van der Waals surface area contributed by atoms with Crippen molar-refractivity contribution < 1.29 is 9.53 Å². The van der Waals surface area contributed by atoms with Crippen molar-refractivity contribution in [1.82, 2.24) is 4.90 Å². The van der Waals surface area contributed by atoms with Gasteiger partial charge in [0.15, 0.2) is 0 Å². The van der Waals surface area contributed by atoms with Crippen molar-refractivity contribution in [2.45, 2.75) is 32.5 Å². The van der Waals surface area contributed by atoms with E-state index in [0.29, 0.717) is 13.2 Å². The number of ether oxygens (including phenoxy) is 1. The van der Waals surface area contributed by atoms with Crippen molar-refractivity contribution in [3.05, 3.63) is 96.1 Å². The molecule has 1 aliphatic heterocycles. The second-order valence-electron chi connectivity index (χ2n) is 7.95. The van der Waals surface area contributed by atoms with Gasteiger partial charge in [-0.05, 0) is 37.1 Å². The lowest BCUT2D eigenvalue weighted by molar-refractivity contribution is -0.121. The van der Waals surface area contributed by atoms with E-state index in [0.717, 1.165) is 23.5 Å². The highest BCUT2D eigenvalue weighted by Crippen LogP contribution is 2.39. The fraction of sp³-hybridized carbons (Fsp3) is 0.269. The summed E-state index contributed by atoms with van der Waals surface area (Å²) in [6, 6.07) is 28.4. The first kappa shape index (κ1) is 20.2. The van der Waals surface area contributed by atoms with Gasteiger partial charge in [-0.25, -0.2) is 0 Å². The summed E-state index contributed by atoms with van der Waals surface area (Å²) in [6.07, 6.45) is 0. The highest BCUT2D eigenvalue weighted by molar-refractivity contribution is 5.97. The quantitative estimate of drug-likeness (QED) is 0.580. The number of rotatable bonds is 6. The zero-order valence-electron chi connectivity index (χ0n) is 17.6. The second-order valence-corrected chi connectivity index (χ2v) is 7.95. The predicted octanol–water partition coefficient (Wildman–Crippen LogP) is 5.06. The smallest absolute Gasteiger partial charge is 0.241 e. The van der Waals surface area contributed by atoms with Gasteiger partial charge >= 0.3 is 0 Å². The van der Waals surface area contributed by atoms with E-state index in [9.17, 15) is 4.79 Å². The maximum Gasteiger partial charge on any atom is 0.241 e. The Labute approximate surface area is 178 Å². The number of amides is 1. The molecule has 0 aliphatic carbocycles. The molecule has 4 nitrogen and oxygen atoms in total. The molecule has 30 heavy (non-hydrogen) atoms. The van der Waals surface area contributed by atoms with Crippen LogP contribution in [0.25, 0.3) is 0 Å². The number of carbonyl (C=O) groups is 1. The number of carbonyl (C=O) groups excluding carboxylic acids is 1. The number of anilines is 1. The molecule has 0 radical (unpaired) electrons. The zero-order chi connectivity index (χ0) is 20.9. The van der Waals surface area contributed by atoms with Gasteiger partial charge in [0.25, 0.3) is 0 Å². The molecule has 0 N–H and O–H groups in total. The molecular weight excluding hydrogens is 372 g/mol. The summed E-state index contributed by atoms with van der Waals surface area (Å²) in [4.78, 5) is 17.8. The van der Waals surface area contributed by atoms with Gasteiger partial charge in [-0.2, -0.15) is 0 Å². The van der Waals surface area contributed by atoms with Gasteiger partial charge in [0.05, 0.1) is 18.3 Å². The lowest BCUT2D eigenvalue weighted by Gasteiger charge is -2.39. The summed E-state index contributed by atoms with van der Waals surface area (Å²) in [6.45, 7) is 5.82. The van der Waals surface area contributed by atoms with Gasteiger partial charge in [-0.1, -0.05) is 72.8 Å². The molecule has 3 aromatic rings. The van der Waals surface area contributed by atoms with Crippen LogP contribution < -0.4 is 9.64 Å². The molecule has 1 unspecified atom stereocenters. The van der Waals surface area contributed by atoms with Gasteiger partial charge in [0, 0.05) is 12.6 Å². The molecule has 0 aromatic heterocycles. The van der Waals surface area contributed by atoms with Crippen LogP contribution in [-0.4, -0.2) is 30.0 Å². The third-order valence-electron chi connectivity index (χ3n) is 5.58. The van der Waals surface area contributed by atoms with Crippen molar-refractivity contribution in [3.8, 4) is 5.75 Å². The Morgan fingerprint density at radius 3 is 2.30 bits per heavy atom. The molecule has 1 amide bonds. The van der Waals surface area contributed by atoms with E-state index in [-0.39, 0.29) is 18.0 Å². The number of benzene rings is 3. The van der Waals surface area contributed by atoms with Crippen molar-refractivity contribution in [3.63, 3.8) is 0 Å². The summed E-state index contributed by atoms with van der Waals surface area (Å²) in [5, 5.41) is 0. The molecule has 1 aliphatic rings. The number of hydrogen-bond donors (Lipinski definition) is 0. The van der Waals surface area contributed by atoms with E-state index in [1.54, 1.807) is 0 Å². The molecule has 4 heteroatoms. The molecule has 1 heterocycles.